The lowest BCUT2D eigenvalue weighted by Gasteiger charge is -2.17. The molecular weight excluding hydrogens is 306 g/mol. The first-order valence-electron chi connectivity index (χ1n) is 5.66. The van der Waals surface area contributed by atoms with Crippen molar-refractivity contribution < 1.29 is 18.0 Å². The lowest BCUT2D eigenvalue weighted by molar-refractivity contribution is -0.143. The second kappa shape index (κ2) is 9.63. The van der Waals surface area contributed by atoms with Gasteiger partial charge in [-0.3, -0.25) is 9.69 Å². The van der Waals surface area contributed by atoms with Gasteiger partial charge in [0.2, 0.25) is 5.91 Å². The van der Waals surface area contributed by atoms with Crippen LogP contribution in [-0.2, 0) is 4.79 Å². The van der Waals surface area contributed by atoms with E-state index in [-0.39, 0.29) is 49.6 Å². The lowest BCUT2D eigenvalue weighted by Crippen LogP contribution is -2.35. The van der Waals surface area contributed by atoms with Gasteiger partial charge in [-0.15, -0.1) is 24.8 Å². The molecule has 116 valence electrons. The van der Waals surface area contributed by atoms with Gasteiger partial charge in [0.1, 0.15) is 0 Å². The maximum absolute atomic E-state index is 12.1. The standard InChI is InChI=1S/C10H18F3N3O.2ClH/c11-10(12,13)7-16-4-2-8(6-16)5-15-9(17)1-3-14;;/h8H,1-7,14H2,(H,15,17);2*1H. The van der Waals surface area contributed by atoms with Crippen molar-refractivity contribution in [3.63, 3.8) is 0 Å². The van der Waals surface area contributed by atoms with Crippen LogP contribution in [0.4, 0.5) is 13.2 Å². The number of amides is 1. The summed E-state index contributed by atoms with van der Waals surface area (Å²) in [6.07, 6.45) is -3.18. The Balaban J connectivity index is 0. The largest absolute Gasteiger partial charge is 0.401 e. The molecule has 1 aliphatic heterocycles. The quantitative estimate of drug-likeness (QED) is 0.798. The molecule has 0 aliphatic carbocycles. The van der Waals surface area contributed by atoms with Crippen molar-refractivity contribution in [2.45, 2.75) is 19.0 Å². The van der Waals surface area contributed by atoms with Crippen molar-refractivity contribution in [2.24, 2.45) is 11.7 Å². The summed E-state index contributed by atoms with van der Waals surface area (Å²) < 4.78 is 36.4. The minimum atomic E-state index is -4.14. The molecule has 0 saturated carbocycles. The number of halogens is 5. The molecule has 0 bridgehead atoms. The summed E-state index contributed by atoms with van der Waals surface area (Å²) in [4.78, 5) is 12.5. The Labute approximate surface area is 123 Å². The highest BCUT2D eigenvalue weighted by atomic mass is 35.5. The number of likely N-dealkylation sites (tertiary alicyclic amines) is 1. The predicted molar refractivity (Wildman–Crippen MR) is 71.8 cm³/mol. The van der Waals surface area contributed by atoms with Gasteiger partial charge < -0.3 is 11.1 Å². The van der Waals surface area contributed by atoms with Crippen LogP contribution in [0.5, 0.6) is 0 Å². The van der Waals surface area contributed by atoms with Crippen LogP contribution in [0.1, 0.15) is 12.8 Å². The molecule has 0 aromatic rings. The fourth-order valence-electron chi connectivity index (χ4n) is 1.95. The normalized spacial score (nSPS) is 19.5. The number of rotatable bonds is 5. The smallest absolute Gasteiger partial charge is 0.356 e. The van der Waals surface area contributed by atoms with E-state index >= 15 is 0 Å². The highest BCUT2D eigenvalue weighted by Crippen LogP contribution is 2.22. The number of hydrogen-bond donors (Lipinski definition) is 2. The van der Waals surface area contributed by atoms with Gasteiger partial charge in [0.05, 0.1) is 6.54 Å². The van der Waals surface area contributed by atoms with Crippen LogP contribution in [0.2, 0.25) is 0 Å². The van der Waals surface area contributed by atoms with Gasteiger partial charge in [0, 0.05) is 26.1 Å². The first-order chi connectivity index (χ1) is 7.90. The van der Waals surface area contributed by atoms with Gasteiger partial charge in [0.15, 0.2) is 0 Å². The van der Waals surface area contributed by atoms with E-state index in [1.807, 2.05) is 0 Å². The van der Waals surface area contributed by atoms with Gasteiger partial charge in [-0.2, -0.15) is 13.2 Å². The highest BCUT2D eigenvalue weighted by Gasteiger charge is 2.34. The highest BCUT2D eigenvalue weighted by molar-refractivity contribution is 5.85. The van der Waals surface area contributed by atoms with Crippen LogP contribution in [0.15, 0.2) is 0 Å². The first kappa shape index (κ1) is 21.1. The second-order valence-corrected chi connectivity index (χ2v) is 4.35. The van der Waals surface area contributed by atoms with Crippen molar-refractivity contribution in [1.29, 1.82) is 0 Å². The van der Waals surface area contributed by atoms with E-state index in [1.54, 1.807) is 0 Å². The maximum Gasteiger partial charge on any atom is 0.401 e. The molecule has 0 spiro atoms. The fraction of sp³-hybridized carbons (Fsp3) is 0.900. The van der Waals surface area contributed by atoms with E-state index in [9.17, 15) is 18.0 Å². The van der Waals surface area contributed by atoms with Crippen LogP contribution >= 0.6 is 24.8 Å². The summed E-state index contributed by atoms with van der Waals surface area (Å²) in [7, 11) is 0. The Kier molecular flexibility index (Phi) is 10.7. The molecule has 3 N–H and O–H groups in total. The molecule has 1 amide bonds. The van der Waals surface area contributed by atoms with Crippen LogP contribution < -0.4 is 11.1 Å². The second-order valence-electron chi connectivity index (χ2n) is 4.35. The van der Waals surface area contributed by atoms with Crippen molar-refractivity contribution >= 4 is 30.7 Å². The van der Waals surface area contributed by atoms with E-state index in [2.05, 4.69) is 5.32 Å². The van der Waals surface area contributed by atoms with E-state index in [1.165, 1.54) is 4.90 Å². The molecule has 1 heterocycles. The molecule has 1 aliphatic rings. The SMILES string of the molecule is Cl.Cl.NCCC(=O)NCC1CCN(CC(F)(F)F)C1. The summed E-state index contributed by atoms with van der Waals surface area (Å²) in [5, 5.41) is 2.68. The Bertz CT molecular complexity index is 267. The molecule has 4 nitrogen and oxygen atoms in total. The molecule has 1 rings (SSSR count). The van der Waals surface area contributed by atoms with Gasteiger partial charge >= 0.3 is 6.18 Å². The van der Waals surface area contributed by atoms with Crippen molar-refractivity contribution in [3.05, 3.63) is 0 Å². The van der Waals surface area contributed by atoms with Crippen molar-refractivity contribution in [1.82, 2.24) is 10.2 Å². The number of alkyl halides is 3. The monoisotopic (exact) mass is 325 g/mol. The maximum atomic E-state index is 12.1. The number of nitrogens with zero attached hydrogens (tertiary/aromatic N) is 1. The zero-order chi connectivity index (χ0) is 12.9. The zero-order valence-electron chi connectivity index (χ0n) is 10.4. The van der Waals surface area contributed by atoms with E-state index < -0.39 is 12.7 Å². The molecule has 1 atom stereocenters. The molecule has 1 unspecified atom stereocenters. The Morgan fingerprint density at radius 3 is 2.53 bits per heavy atom. The Morgan fingerprint density at radius 1 is 1.37 bits per heavy atom. The molecule has 9 heteroatoms. The van der Waals surface area contributed by atoms with E-state index in [0.717, 1.165) is 0 Å². The number of hydrogen-bond acceptors (Lipinski definition) is 3. The number of nitrogens with one attached hydrogen (secondary N) is 1. The number of nitrogens with two attached hydrogens (primary N) is 1. The van der Waals surface area contributed by atoms with Crippen molar-refractivity contribution in [2.75, 3.05) is 32.7 Å². The molecule has 1 saturated heterocycles. The van der Waals surface area contributed by atoms with Crippen LogP contribution in [0.3, 0.4) is 0 Å². The van der Waals surface area contributed by atoms with Crippen LogP contribution in [0, 0.1) is 5.92 Å². The zero-order valence-corrected chi connectivity index (χ0v) is 12.0. The average Bonchev–Trinajstić information content (AvgIpc) is 2.60. The van der Waals surface area contributed by atoms with E-state index in [4.69, 9.17) is 5.73 Å². The van der Waals surface area contributed by atoms with Gasteiger partial charge in [-0.1, -0.05) is 0 Å². The van der Waals surface area contributed by atoms with Gasteiger partial charge in [0.25, 0.3) is 0 Å². The van der Waals surface area contributed by atoms with Crippen LogP contribution in [-0.4, -0.2) is 49.7 Å². The summed E-state index contributed by atoms with van der Waals surface area (Å²) >= 11 is 0. The van der Waals surface area contributed by atoms with Crippen molar-refractivity contribution in [3.8, 4) is 0 Å². The third kappa shape index (κ3) is 9.32. The molecule has 0 aromatic carbocycles. The third-order valence-electron chi connectivity index (χ3n) is 2.73. The van der Waals surface area contributed by atoms with E-state index in [0.29, 0.717) is 26.1 Å². The van der Waals surface area contributed by atoms with Crippen LogP contribution in [0.25, 0.3) is 0 Å². The number of carbonyl (C=O) groups excluding carboxylic acids is 1. The Hall–Kier alpha value is -0.240. The summed E-state index contributed by atoms with van der Waals surface area (Å²) in [5.74, 6) is -0.0270. The third-order valence-corrected chi connectivity index (χ3v) is 2.73. The average molecular weight is 326 g/mol. The first-order valence-corrected chi connectivity index (χ1v) is 5.66. The summed E-state index contributed by atoms with van der Waals surface area (Å²) in [6.45, 7) is 0.698. The predicted octanol–water partition coefficient (Wildman–Crippen LogP) is 1.18. The fourth-order valence-corrected chi connectivity index (χ4v) is 1.95. The van der Waals surface area contributed by atoms with Gasteiger partial charge in [-0.25, -0.2) is 0 Å². The summed E-state index contributed by atoms with van der Waals surface area (Å²) in [5.41, 5.74) is 5.21. The minimum absolute atomic E-state index is 0. The molecule has 1 fully saturated rings. The Morgan fingerprint density at radius 2 is 2.00 bits per heavy atom. The topological polar surface area (TPSA) is 58.4 Å². The minimum Gasteiger partial charge on any atom is -0.356 e. The molecule has 0 aromatic heterocycles. The molecule has 0 radical (unpaired) electrons. The molecule has 19 heavy (non-hydrogen) atoms. The van der Waals surface area contributed by atoms with Gasteiger partial charge in [-0.05, 0) is 18.9 Å². The lowest BCUT2D eigenvalue weighted by atomic mass is 10.1. The molecular formula is C10H20Cl2F3N3O. The summed E-state index contributed by atoms with van der Waals surface area (Å²) in [6, 6.07) is 0. The number of carbonyl (C=O) groups is 1.